The van der Waals surface area contributed by atoms with Crippen molar-refractivity contribution in [3.63, 3.8) is 0 Å². The smallest absolute Gasteiger partial charge is 0.331 e. The van der Waals surface area contributed by atoms with Crippen molar-refractivity contribution in [1.29, 1.82) is 0 Å². The predicted molar refractivity (Wildman–Crippen MR) is 98.1 cm³/mol. The Labute approximate surface area is 162 Å². The molecule has 2 rings (SSSR count). The number of nitro benzene ring substituents is 1. The van der Waals surface area contributed by atoms with Gasteiger partial charge in [-0.3, -0.25) is 14.9 Å². The first-order valence-corrected chi connectivity index (χ1v) is 8.06. The third kappa shape index (κ3) is 5.77. The average Bonchev–Trinajstić information content (AvgIpc) is 2.61. The van der Waals surface area contributed by atoms with Crippen LogP contribution in [0.4, 0.5) is 15.8 Å². The molecule has 1 amide bonds. The lowest BCUT2D eigenvalue weighted by atomic mass is 10.2. The van der Waals surface area contributed by atoms with Gasteiger partial charge in [-0.15, -0.1) is 0 Å². The maximum Gasteiger partial charge on any atom is 0.331 e. The number of halogens is 3. The lowest BCUT2D eigenvalue weighted by molar-refractivity contribution is -0.384. The van der Waals surface area contributed by atoms with E-state index in [9.17, 15) is 24.1 Å². The summed E-state index contributed by atoms with van der Waals surface area (Å²) >= 11 is 11.7. The molecule has 0 aliphatic rings. The Kier molecular flexibility index (Phi) is 6.86. The molecule has 0 aromatic heterocycles. The lowest BCUT2D eigenvalue weighted by Gasteiger charge is -2.07. The number of nitrogens with zero attached hydrogens (tertiary/aromatic N) is 1. The fraction of sp³-hybridized carbons (Fsp3) is 0.0588. The van der Waals surface area contributed by atoms with Gasteiger partial charge in [0.05, 0.1) is 20.7 Å². The van der Waals surface area contributed by atoms with Gasteiger partial charge in [0.1, 0.15) is 5.82 Å². The summed E-state index contributed by atoms with van der Waals surface area (Å²) in [6.07, 6.45) is 2.06. The minimum atomic E-state index is -0.890. The Morgan fingerprint density at radius 3 is 2.59 bits per heavy atom. The lowest BCUT2D eigenvalue weighted by Crippen LogP contribution is -2.20. The van der Waals surface area contributed by atoms with Crippen molar-refractivity contribution in [3.8, 4) is 0 Å². The van der Waals surface area contributed by atoms with Gasteiger partial charge in [-0.1, -0.05) is 29.3 Å². The van der Waals surface area contributed by atoms with Gasteiger partial charge in [0.15, 0.2) is 6.61 Å². The topological polar surface area (TPSA) is 98.5 Å². The summed E-state index contributed by atoms with van der Waals surface area (Å²) in [5.41, 5.74) is -0.100. The predicted octanol–water partition coefficient (Wildman–Crippen LogP) is 4.24. The first kappa shape index (κ1) is 20.3. The SMILES string of the molecule is O=C(COC(=O)/C=C/c1c(F)cccc1Cl)Nc1ccc([N+](=O)[O-])cc1Cl. The molecule has 7 nitrogen and oxygen atoms in total. The molecule has 0 spiro atoms. The van der Waals surface area contributed by atoms with E-state index in [1.165, 1.54) is 24.3 Å². The molecule has 27 heavy (non-hydrogen) atoms. The Hall–Kier alpha value is -2.97. The van der Waals surface area contributed by atoms with Gasteiger partial charge in [-0.25, -0.2) is 9.18 Å². The molecule has 0 fully saturated rings. The number of rotatable bonds is 6. The molecule has 140 valence electrons. The van der Waals surface area contributed by atoms with Gasteiger partial charge in [0, 0.05) is 23.8 Å². The number of anilines is 1. The Bertz CT molecular complexity index is 913. The van der Waals surface area contributed by atoms with Crippen LogP contribution in [0.3, 0.4) is 0 Å². The number of nitrogens with one attached hydrogen (secondary N) is 1. The Morgan fingerprint density at radius 1 is 1.22 bits per heavy atom. The highest BCUT2D eigenvalue weighted by molar-refractivity contribution is 6.34. The summed E-state index contributed by atoms with van der Waals surface area (Å²) in [7, 11) is 0. The van der Waals surface area contributed by atoms with Crippen LogP contribution in [0.25, 0.3) is 6.08 Å². The van der Waals surface area contributed by atoms with E-state index in [4.69, 9.17) is 27.9 Å². The number of carbonyl (C=O) groups excluding carboxylic acids is 2. The Balaban J connectivity index is 1.91. The van der Waals surface area contributed by atoms with E-state index in [2.05, 4.69) is 5.32 Å². The second kappa shape index (κ2) is 9.11. The second-order valence-corrected chi connectivity index (χ2v) is 5.86. The molecule has 0 saturated heterocycles. The molecule has 2 aromatic carbocycles. The van der Waals surface area contributed by atoms with Crippen molar-refractivity contribution >= 4 is 52.5 Å². The maximum absolute atomic E-state index is 13.6. The summed E-state index contributed by atoms with van der Waals surface area (Å²) in [5, 5.41) is 13.1. The van der Waals surface area contributed by atoms with Crippen molar-refractivity contribution in [1.82, 2.24) is 0 Å². The third-order valence-electron chi connectivity index (χ3n) is 3.17. The number of non-ortho nitro benzene ring substituents is 1. The standard InChI is InChI=1S/C17H11Cl2FN2O5/c18-12-2-1-3-14(20)11(12)5-7-17(24)27-9-16(23)21-15-6-4-10(22(25)26)8-13(15)19/h1-8H,9H2,(H,21,23)/b7-5+. The zero-order valence-electron chi connectivity index (χ0n) is 13.4. The Morgan fingerprint density at radius 2 is 1.96 bits per heavy atom. The molecule has 0 radical (unpaired) electrons. The number of hydrogen-bond acceptors (Lipinski definition) is 5. The molecule has 0 heterocycles. The maximum atomic E-state index is 13.6. The molecule has 0 aliphatic heterocycles. The van der Waals surface area contributed by atoms with Crippen LogP contribution >= 0.6 is 23.2 Å². The molecular weight excluding hydrogens is 402 g/mol. The molecule has 0 atom stereocenters. The van der Waals surface area contributed by atoms with Gasteiger partial charge in [0.25, 0.3) is 11.6 Å². The van der Waals surface area contributed by atoms with Crippen LogP contribution in [-0.2, 0) is 14.3 Å². The average molecular weight is 413 g/mol. The van der Waals surface area contributed by atoms with Gasteiger partial charge in [-0.05, 0) is 24.3 Å². The van der Waals surface area contributed by atoms with Crippen LogP contribution < -0.4 is 5.32 Å². The van der Waals surface area contributed by atoms with Gasteiger partial charge in [-0.2, -0.15) is 0 Å². The highest BCUT2D eigenvalue weighted by atomic mass is 35.5. The van der Waals surface area contributed by atoms with Crippen molar-refractivity contribution < 1.29 is 23.6 Å². The van der Waals surface area contributed by atoms with Gasteiger partial charge >= 0.3 is 5.97 Å². The normalized spacial score (nSPS) is 10.6. The molecule has 10 heteroatoms. The van der Waals surface area contributed by atoms with Crippen LogP contribution in [0.1, 0.15) is 5.56 Å². The molecule has 2 aromatic rings. The van der Waals surface area contributed by atoms with E-state index in [0.29, 0.717) is 0 Å². The number of ether oxygens (including phenoxy) is 1. The van der Waals surface area contributed by atoms with Crippen LogP contribution in [0, 0.1) is 15.9 Å². The molecule has 0 bridgehead atoms. The van der Waals surface area contributed by atoms with Gasteiger partial charge in [0.2, 0.25) is 0 Å². The van der Waals surface area contributed by atoms with Crippen LogP contribution in [0.2, 0.25) is 10.0 Å². The molecular formula is C17H11Cl2FN2O5. The zero-order chi connectivity index (χ0) is 20.0. The second-order valence-electron chi connectivity index (χ2n) is 5.05. The van der Waals surface area contributed by atoms with E-state index in [1.807, 2.05) is 0 Å². The molecule has 0 aliphatic carbocycles. The number of nitro groups is 1. The van der Waals surface area contributed by atoms with E-state index in [-0.39, 0.29) is 27.0 Å². The monoisotopic (exact) mass is 412 g/mol. The third-order valence-corrected chi connectivity index (χ3v) is 3.81. The fourth-order valence-electron chi connectivity index (χ4n) is 1.91. The van der Waals surface area contributed by atoms with Crippen molar-refractivity contribution in [2.24, 2.45) is 0 Å². The van der Waals surface area contributed by atoms with Gasteiger partial charge < -0.3 is 10.1 Å². The van der Waals surface area contributed by atoms with E-state index in [1.54, 1.807) is 0 Å². The zero-order valence-corrected chi connectivity index (χ0v) is 15.0. The van der Waals surface area contributed by atoms with Crippen molar-refractivity contribution in [2.45, 2.75) is 0 Å². The summed E-state index contributed by atoms with van der Waals surface area (Å²) in [6.45, 7) is -0.637. The minimum Gasteiger partial charge on any atom is -0.452 e. The fourth-order valence-corrected chi connectivity index (χ4v) is 2.36. The number of benzene rings is 2. The number of amides is 1. The summed E-state index contributed by atoms with van der Waals surface area (Å²) in [6, 6.07) is 7.54. The minimum absolute atomic E-state index is 0.0122. The quantitative estimate of drug-likeness (QED) is 0.331. The first-order valence-electron chi connectivity index (χ1n) is 7.30. The number of carbonyl (C=O) groups is 2. The molecule has 0 unspecified atom stereocenters. The first-order chi connectivity index (χ1) is 12.8. The number of hydrogen-bond donors (Lipinski definition) is 1. The largest absolute Gasteiger partial charge is 0.452 e. The van der Waals surface area contributed by atoms with Crippen molar-refractivity contribution in [3.05, 3.63) is 74.0 Å². The number of esters is 1. The molecule has 0 saturated carbocycles. The van der Waals surface area contributed by atoms with E-state index >= 15 is 0 Å². The highest BCUT2D eigenvalue weighted by Gasteiger charge is 2.12. The highest BCUT2D eigenvalue weighted by Crippen LogP contribution is 2.26. The van der Waals surface area contributed by atoms with Crippen molar-refractivity contribution in [2.75, 3.05) is 11.9 Å². The molecule has 1 N–H and O–H groups in total. The summed E-state index contributed by atoms with van der Waals surface area (Å²) < 4.78 is 18.3. The van der Waals surface area contributed by atoms with Crippen LogP contribution in [0.5, 0.6) is 0 Å². The summed E-state index contributed by atoms with van der Waals surface area (Å²) in [5.74, 6) is -2.22. The van der Waals surface area contributed by atoms with Crippen LogP contribution in [-0.4, -0.2) is 23.4 Å². The van der Waals surface area contributed by atoms with Crippen LogP contribution in [0.15, 0.2) is 42.5 Å². The van der Waals surface area contributed by atoms with E-state index in [0.717, 1.165) is 24.3 Å². The summed E-state index contributed by atoms with van der Waals surface area (Å²) in [4.78, 5) is 33.4. The van der Waals surface area contributed by atoms with E-state index < -0.39 is 29.2 Å².